The van der Waals surface area contributed by atoms with Gasteiger partial charge in [0.15, 0.2) is 11.5 Å². The van der Waals surface area contributed by atoms with Crippen molar-refractivity contribution in [2.45, 2.75) is 51.3 Å². The Hall–Kier alpha value is -3.89. The molecule has 1 aliphatic carbocycles. The fourth-order valence-corrected chi connectivity index (χ4v) is 5.62. The van der Waals surface area contributed by atoms with Crippen LogP contribution >= 0.6 is 0 Å². The van der Waals surface area contributed by atoms with Crippen LogP contribution in [0, 0.1) is 0 Å². The highest BCUT2D eigenvalue weighted by Crippen LogP contribution is 2.38. The fraction of sp³-hybridized carbons (Fsp3) is 0.393. The van der Waals surface area contributed by atoms with Gasteiger partial charge in [0.05, 0.1) is 50.5 Å². The van der Waals surface area contributed by atoms with Crippen molar-refractivity contribution >= 4 is 22.7 Å². The first kappa shape index (κ1) is 24.4. The van der Waals surface area contributed by atoms with Crippen LogP contribution in [0.2, 0.25) is 0 Å². The van der Waals surface area contributed by atoms with Gasteiger partial charge in [0.1, 0.15) is 17.5 Å². The molecule has 0 amide bonds. The van der Waals surface area contributed by atoms with Crippen LogP contribution in [0.1, 0.15) is 42.3 Å². The van der Waals surface area contributed by atoms with Gasteiger partial charge in [-0.15, -0.1) is 6.58 Å². The lowest BCUT2D eigenvalue weighted by Gasteiger charge is -2.34. The van der Waals surface area contributed by atoms with Crippen LogP contribution < -0.4 is 10.9 Å². The van der Waals surface area contributed by atoms with E-state index in [0.717, 1.165) is 47.4 Å². The van der Waals surface area contributed by atoms with Gasteiger partial charge in [-0.05, 0) is 42.5 Å². The number of likely N-dealkylation sites (N-methyl/N-ethyl adjacent to an activating group) is 1. The molecule has 196 valence electrons. The molecule has 0 fully saturated rings. The Kier molecular flexibility index (Phi) is 5.69. The number of aliphatic hydroxyl groups is 1. The maximum absolute atomic E-state index is 13.3. The molecular formula is C28H33N8O2+. The normalized spacial score (nSPS) is 19.8. The quantitative estimate of drug-likeness (QED) is 0.301. The number of nitrogens with zero attached hydrogens (tertiary/aromatic N) is 7. The number of rotatable bonds is 6. The summed E-state index contributed by atoms with van der Waals surface area (Å²) < 4.78 is 4.18. The number of quaternary nitrogens is 1. The Balaban J connectivity index is 1.43. The van der Waals surface area contributed by atoms with Crippen molar-refractivity contribution in [3.63, 3.8) is 0 Å². The lowest BCUT2D eigenvalue weighted by atomic mass is 9.98. The van der Waals surface area contributed by atoms with E-state index in [1.807, 2.05) is 19.1 Å². The SMILES string of the molecule is C=CCn1c(=O)c2cnc(Nc3cnc4c(c3)CC[N+](C)(C)C4)nc2n1-c1ccc2c(n1)[C@@](O)(CC)CC2. The van der Waals surface area contributed by atoms with Gasteiger partial charge < -0.3 is 14.9 Å². The van der Waals surface area contributed by atoms with Crippen molar-refractivity contribution in [2.24, 2.45) is 0 Å². The summed E-state index contributed by atoms with van der Waals surface area (Å²) in [4.78, 5) is 32.1. The van der Waals surface area contributed by atoms with Crippen LogP contribution in [-0.4, -0.2) is 59.5 Å². The van der Waals surface area contributed by atoms with Gasteiger partial charge in [0.25, 0.3) is 5.56 Å². The van der Waals surface area contributed by atoms with Crippen molar-refractivity contribution in [2.75, 3.05) is 26.0 Å². The lowest BCUT2D eigenvalue weighted by Crippen LogP contribution is -2.44. The summed E-state index contributed by atoms with van der Waals surface area (Å²) >= 11 is 0. The van der Waals surface area contributed by atoms with Gasteiger partial charge >= 0.3 is 0 Å². The summed E-state index contributed by atoms with van der Waals surface area (Å²) in [7, 11) is 4.44. The molecule has 0 spiro atoms. The molecule has 38 heavy (non-hydrogen) atoms. The number of aryl methyl sites for hydroxylation is 1. The Morgan fingerprint density at radius 1 is 1.18 bits per heavy atom. The van der Waals surface area contributed by atoms with Crippen molar-refractivity contribution < 1.29 is 9.59 Å². The van der Waals surface area contributed by atoms with Crippen molar-refractivity contribution in [1.82, 2.24) is 29.3 Å². The number of fused-ring (bicyclic) bond motifs is 3. The monoisotopic (exact) mass is 513 g/mol. The maximum atomic E-state index is 13.3. The zero-order valence-electron chi connectivity index (χ0n) is 22.1. The molecule has 1 aliphatic heterocycles. The van der Waals surface area contributed by atoms with E-state index < -0.39 is 5.60 Å². The number of hydrogen-bond acceptors (Lipinski definition) is 7. The number of hydrogen-bond donors (Lipinski definition) is 2. The minimum Gasteiger partial charge on any atom is -0.384 e. The number of pyridine rings is 2. The van der Waals surface area contributed by atoms with E-state index in [-0.39, 0.29) is 12.1 Å². The molecule has 10 nitrogen and oxygen atoms in total. The first-order valence-electron chi connectivity index (χ1n) is 13.1. The third kappa shape index (κ3) is 4.00. The van der Waals surface area contributed by atoms with Gasteiger partial charge in [-0.2, -0.15) is 4.98 Å². The zero-order chi connectivity index (χ0) is 26.7. The molecule has 1 atom stereocenters. The van der Waals surface area contributed by atoms with Crippen LogP contribution in [0.5, 0.6) is 0 Å². The first-order chi connectivity index (χ1) is 18.2. The molecule has 6 rings (SSSR count). The van der Waals surface area contributed by atoms with Crippen molar-refractivity contribution in [3.05, 3.63) is 76.1 Å². The summed E-state index contributed by atoms with van der Waals surface area (Å²) in [6, 6.07) is 5.97. The average Bonchev–Trinajstić information content (AvgIpc) is 3.38. The predicted molar refractivity (Wildman–Crippen MR) is 146 cm³/mol. The molecule has 10 heteroatoms. The summed E-state index contributed by atoms with van der Waals surface area (Å²) in [6.45, 7) is 8.03. The van der Waals surface area contributed by atoms with Crippen molar-refractivity contribution in [3.8, 4) is 5.82 Å². The second-order valence-corrected chi connectivity index (χ2v) is 11.0. The van der Waals surface area contributed by atoms with Gasteiger partial charge in [-0.25, -0.2) is 19.3 Å². The standard InChI is InChI=1S/C28H32N8O2/c1-5-12-34-26(37)21-16-30-27(31-20-14-19-10-13-36(3,4)17-22(19)29-15-20)33-25(21)35(34)23-8-7-18-9-11-28(38,6-2)24(18)32-23/h5,7-8,14-16,38H,1,6,9-13,17H2,2-4H3/p+1/t28-/m1/s1. The highest BCUT2D eigenvalue weighted by molar-refractivity contribution is 5.77. The molecule has 0 saturated carbocycles. The number of nitrogens with one attached hydrogen (secondary N) is 1. The summed E-state index contributed by atoms with van der Waals surface area (Å²) in [5.74, 6) is 0.884. The molecular weight excluding hydrogens is 480 g/mol. The second kappa shape index (κ2) is 8.85. The van der Waals surface area contributed by atoms with Crippen LogP contribution in [0.25, 0.3) is 16.9 Å². The molecule has 0 radical (unpaired) electrons. The van der Waals surface area contributed by atoms with E-state index in [1.54, 1.807) is 27.8 Å². The molecule has 0 unspecified atom stereocenters. The summed E-state index contributed by atoms with van der Waals surface area (Å²) in [5, 5.41) is 14.8. The largest absolute Gasteiger partial charge is 0.384 e. The molecule has 2 aliphatic rings. The topological polar surface area (TPSA) is 111 Å². The Morgan fingerprint density at radius 3 is 2.82 bits per heavy atom. The minimum absolute atomic E-state index is 0.226. The Morgan fingerprint density at radius 2 is 2.03 bits per heavy atom. The zero-order valence-corrected chi connectivity index (χ0v) is 22.1. The molecule has 5 heterocycles. The average molecular weight is 514 g/mol. The highest BCUT2D eigenvalue weighted by Gasteiger charge is 2.37. The van der Waals surface area contributed by atoms with Crippen LogP contribution in [0.4, 0.5) is 11.6 Å². The maximum Gasteiger partial charge on any atom is 0.278 e. The molecule has 2 N–H and O–H groups in total. The number of allylic oxidation sites excluding steroid dienone is 1. The van der Waals surface area contributed by atoms with Crippen LogP contribution in [0.3, 0.4) is 0 Å². The summed E-state index contributed by atoms with van der Waals surface area (Å²) in [5.41, 5.74) is 4.10. The predicted octanol–water partition coefficient (Wildman–Crippen LogP) is 2.98. The van der Waals surface area contributed by atoms with E-state index >= 15 is 0 Å². The third-order valence-electron chi connectivity index (χ3n) is 7.87. The van der Waals surface area contributed by atoms with Crippen molar-refractivity contribution in [1.29, 1.82) is 0 Å². The van der Waals surface area contributed by atoms with Crippen LogP contribution in [-0.2, 0) is 31.5 Å². The number of aromatic nitrogens is 6. The lowest BCUT2D eigenvalue weighted by molar-refractivity contribution is -0.905. The van der Waals surface area contributed by atoms with E-state index in [4.69, 9.17) is 15.0 Å². The van der Waals surface area contributed by atoms with Gasteiger partial charge in [-0.3, -0.25) is 9.78 Å². The highest BCUT2D eigenvalue weighted by atomic mass is 16.3. The molecule has 0 saturated heterocycles. The van der Waals surface area contributed by atoms with Crippen LogP contribution in [0.15, 0.2) is 48.0 Å². The second-order valence-electron chi connectivity index (χ2n) is 11.0. The molecule has 0 aromatic carbocycles. The van der Waals surface area contributed by atoms with Gasteiger partial charge in [0, 0.05) is 12.6 Å². The smallest absolute Gasteiger partial charge is 0.278 e. The molecule has 4 aromatic rings. The summed E-state index contributed by atoms with van der Waals surface area (Å²) in [6.07, 6.45) is 7.97. The van der Waals surface area contributed by atoms with E-state index in [1.165, 1.54) is 5.56 Å². The van der Waals surface area contributed by atoms with Gasteiger partial charge in [0.2, 0.25) is 5.95 Å². The Bertz CT molecular complexity index is 1640. The molecule has 0 bridgehead atoms. The first-order valence-corrected chi connectivity index (χ1v) is 13.1. The minimum atomic E-state index is -0.965. The van der Waals surface area contributed by atoms with Gasteiger partial charge in [-0.1, -0.05) is 19.1 Å². The Labute approximate surface area is 220 Å². The van der Waals surface area contributed by atoms with E-state index in [9.17, 15) is 9.90 Å². The number of anilines is 2. The molecule has 4 aromatic heterocycles. The fourth-order valence-electron chi connectivity index (χ4n) is 5.62. The van der Waals surface area contributed by atoms with E-state index in [0.29, 0.717) is 41.3 Å². The third-order valence-corrected chi connectivity index (χ3v) is 7.87. The van der Waals surface area contributed by atoms with E-state index in [2.05, 4.69) is 37.0 Å².